The highest BCUT2D eigenvalue weighted by Gasteiger charge is 2.34. The average Bonchev–Trinajstić information content (AvgIpc) is 3.05. The molecule has 0 saturated carbocycles. The highest BCUT2D eigenvalue weighted by atomic mass is 19.1. The number of carbonyl (C=O) groups excluding carboxylic acids is 2. The fourth-order valence-corrected chi connectivity index (χ4v) is 4.61. The molecule has 6 heteroatoms. The van der Waals surface area contributed by atoms with Crippen LogP contribution in [0.25, 0.3) is 21.8 Å². The molecular formula is C26H21FN2O3. The summed E-state index contributed by atoms with van der Waals surface area (Å²) in [5, 5.41) is 0.855. The summed E-state index contributed by atoms with van der Waals surface area (Å²) in [5.74, 6) is -0.969. The summed E-state index contributed by atoms with van der Waals surface area (Å²) in [6, 6.07) is 15.4. The van der Waals surface area contributed by atoms with Gasteiger partial charge >= 0.3 is 0 Å². The molecule has 5 nitrogen and oxygen atoms in total. The molecule has 3 aromatic carbocycles. The van der Waals surface area contributed by atoms with Gasteiger partial charge in [-0.25, -0.2) is 4.39 Å². The zero-order valence-electron chi connectivity index (χ0n) is 17.8. The van der Waals surface area contributed by atoms with Gasteiger partial charge in [-0.1, -0.05) is 24.3 Å². The molecule has 0 bridgehead atoms. The number of para-hydroxylation sites is 1. The number of rotatable bonds is 4. The van der Waals surface area contributed by atoms with Crippen LogP contribution in [0.5, 0.6) is 0 Å². The lowest BCUT2D eigenvalue weighted by atomic mass is 10.0. The molecular weight excluding hydrogens is 407 g/mol. The second kappa shape index (κ2) is 7.41. The van der Waals surface area contributed by atoms with Crippen molar-refractivity contribution in [2.75, 3.05) is 6.54 Å². The molecule has 0 aliphatic carbocycles. The number of amides is 2. The zero-order valence-corrected chi connectivity index (χ0v) is 17.8. The van der Waals surface area contributed by atoms with Crippen molar-refractivity contribution < 1.29 is 14.0 Å². The van der Waals surface area contributed by atoms with Crippen LogP contribution in [0.2, 0.25) is 0 Å². The number of aryl methyl sites for hydroxylation is 2. The normalized spacial score (nSPS) is 13.4. The molecule has 0 fully saturated rings. The standard InChI is InChI=1S/C26H21FN2O3/c1-15-16(2)23-20(14-21(15)27)24(30)19-10-5-6-11-22(19)28(23)12-7-13-29-25(31)17-8-3-4-9-18(17)26(29)32/h3-6,8-11,14H,7,12-13H2,1-2H3. The first-order valence-corrected chi connectivity index (χ1v) is 10.6. The number of halogens is 1. The Morgan fingerprint density at radius 3 is 2.09 bits per heavy atom. The molecule has 2 heterocycles. The number of imide groups is 1. The van der Waals surface area contributed by atoms with Crippen molar-refractivity contribution in [1.82, 2.24) is 9.47 Å². The molecule has 1 aromatic heterocycles. The van der Waals surface area contributed by atoms with E-state index >= 15 is 0 Å². The first-order valence-electron chi connectivity index (χ1n) is 10.6. The lowest BCUT2D eigenvalue weighted by Crippen LogP contribution is -2.31. The smallest absolute Gasteiger partial charge is 0.261 e. The van der Waals surface area contributed by atoms with E-state index in [2.05, 4.69) is 0 Å². The van der Waals surface area contributed by atoms with Crippen LogP contribution in [0.15, 0.2) is 59.4 Å². The minimum absolute atomic E-state index is 0.200. The zero-order chi connectivity index (χ0) is 22.6. The lowest BCUT2D eigenvalue weighted by molar-refractivity contribution is 0.0651. The van der Waals surface area contributed by atoms with E-state index in [0.29, 0.717) is 51.5 Å². The molecule has 0 radical (unpaired) electrons. The fraction of sp³-hybridized carbons (Fsp3) is 0.192. The summed E-state index contributed by atoms with van der Waals surface area (Å²) in [6.07, 6.45) is 0.503. The molecule has 0 spiro atoms. The first kappa shape index (κ1) is 20.1. The summed E-state index contributed by atoms with van der Waals surface area (Å²) >= 11 is 0. The Balaban J connectivity index is 1.55. The van der Waals surface area contributed by atoms with E-state index in [1.807, 2.05) is 23.6 Å². The van der Waals surface area contributed by atoms with Gasteiger partial charge in [0.25, 0.3) is 11.8 Å². The van der Waals surface area contributed by atoms with Crippen LogP contribution in [-0.4, -0.2) is 27.8 Å². The highest BCUT2D eigenvalue weighted by Crippen LogP contribution is 2.27. The van der Waals surface area contributed by atoms with Gasteiger partial charge < -0.3 is 4.57 Å². The van der Waals surface area contributed by atoms with Gasteiger partial charge in [0.1, 0.15) is 5.82 Å². The SMILES string of the molecule is Cc1c(F)cc2c(=O)c3ccccc3n(CCCN3C(=O)c4ccccc4C3=O)c2c1C. The largest absolute Gasteiger partial charge is 0.340 e. The molecule has 5 rings (SSSR count). The van der Waals surface area contributed by atoms with Crippen LogP contribution < -0.4 is 5.43 Å². The van der Waals surface area contributed by atoms with Crippen molar-refractivity contribution in [3.8, 4) is 0 Å². The van der Waals surface area contributed by atoms with Crippen LogP contribution >= 0.6 is 0 Å². The van der Waals surface area contributed by atoms with Crippen LogP contribution in [0.4, 0.5) is 4.39 Å². The van der Waals surface area contributed by atoms with E-state index in [1.165, 1.54) is 11.0 Å². The van der Waals surface area contributed by atoms with Gasteiger partial charge in [0.15, 0.2) is 5.43 Å². The van der Waals surface area contributed by atoms with E-state index in [0.717, 1.165) is 5.52 Å². The van der Waals surface area contributed by atoms with Crippen LogP contribution in [-0.2, 0) is 6.54 Å². The van der Waals surface area contributed by atoms with Crippen molar-refractivity contribution in [2.24, 2.45) is 0 Å². The van der Waals surface area contributed by atoms with Gasteiger partial charge in [-0.15, -0.1) is 0 Å². The Bertz CT molecular complexity index is 1470. The maximum atomic E-state index is 14.5. The topological polar surface area (TPSA) is 59.4 Å². The molecule has 160 valence electrons. The third-order valence-corrected chi connectivity index (χ3v) is 6.40. The van der Waals surface area contributed by atoms with Crippen molar-refractivity contribution in [3.05, 3.63) is 92.9 Å². The van der Waals surface area contributed by atoms with Gasteiger partial charge in [0.2, 0.25) is 0 Å². The van der Waals surface area contributed by atoms with Gasteiger partial charge in [-0.3, -0.25) is 19.3 Å². The van der Waals surface area contributed by atoms with E-state index in [9.17, 15) is 18.8 Å². The van der Waals surface area contributed by atoms with Crippen molar-refractivity contribution in [2.45, 2.75) is 26.8 Å². The van der Waals surface area contributed by atoms with Gasteiger partial charge in [0.05, 0.1) is 22.2 Å². The second-order valence-electron chi connectivity index (χ2n) is 8.16. The number of pyridine rings is 1. The first-order chi connectivity index (χ1) is 15.4. The molecule has 1 aliphatic heterocycles. The summed E-state index contributed by atoms with van der Waals surface area (Å²) < 4.78 is 16.5. The maximum Gasteiger partial charge on any atom is 0.261 e. The van der Waals surface area contributed by atoms with E-state index in [1.54, 1.807) is 43.3 Å². The lowest BCUT2D eigenvalue weighted by Gasteiger charge is -2.20. The number of hydrogen-bond donors (Lipinski definition) is 0. The minimum Gasteiger partial charge on any atom is -0.340 e. The quantitative estimate of drug-likeness (QED) is 0.353. The Morgan fingerprint density at radius 1 is 0.781 bits per heavy atom. The third kappa shape index (κ3) is 2.87. The van der Waals surface area contributed by atoms with E-state index in [4.69, 9.17) is 0 Å². The summed E-state index contributed by atoms with van der Waals surface area (Å²) in [4.78, 5) is 39.7. The van der Waals surface area contributed by atoms with Gasteiger partial charge in [0, 0.05) is 23.9 Å². The van der Waals surface area contributed by atoms with Gasteiger partial charge in [-0.2, -0.15) is 0 Å². The summed E-state index contributed by atoms with van der Waals surface area (Å²) in [5.41, 5.74) is 3.31. The molecule has 0 saturated heterocycles. The number of hydrogen-bond acceptors (Lipinski definition) is 3. The molecule has 0 N–H and O–H groups in total. The van der Waals surface area contributed by atoms with Crippen LogP contribution in [0.1, 0.15) is 38.3 Å². The van der Waals surface area contributed by atoms with E-state index in [-0.39, 0.29) is 23.8 Å². The highest BCUT2D eigenvalue weighted by molar-refractivity contribution is 6.21. The van der Waals surface area contributed by atoms with Crippen LogP contribution in [0.3, 0.4) is 0 Å². The predicted molar refractivity (Wildman–Crippen MR) is 122 cm³/mol. The molecule has 1 aliphatic rings. The van der Waals surface area contributed by atoms with Gasteiger partial charge in [-0.05, 0) is 61.7 Å². The minimum atomic E-state index is -0.403. The summed E-state index contributed by atoms with van der Waals surface area (Å²) in [6.45, 7) is 4.24. The predicted octanol–water partition coefficient (Wildman–Crippen LogP) is 4.60. The molecule has 2 amide bonds. The number of fused-ring (bicyclic) bond motifs is 3. The Labute approximate surface area is 183 Å². The maximum absolute atomic E-state index is 14.5. The van der Waals surface area contributed by atoms with E-state index < -0.39 is 5.82 Å². The monoisotopic (exact) mass is 428 g/mol. The molecule has 32 heavy (non-hydrogen) atoms. The van der Waals surface area contributed by atoms with Crippen LogP contribution in [0, 0.1) is 19.7 Å². The van der Waals surface area contributed by atoms with Crippen molar-refractivity contribution in [3.63, 3.8) is 0 Å². The van der Waals surface area contributed by atoms with Crippen molar-refractivity contribution in [1.29, 1.82) is 0 Å². The Kier molecular flexibility index (Phi) is 4.66. The number of benzene rings is 3. The molecule has 0 atom stereocenters. The summed E-state index contributed by atoms with van der Waals surface area (Å²) in [7, 11) is 0. The average molecular weight is 428 g/mol. The third-order valence-electron chi connectivity index (χ3n) is 6.40. The number of nitrogens with zero attached hydrogens (tertiary/aromatic N) is 2. The fourth-order valence-electron chi connectivity index (χ4n) is 4.61. The number of carbonyl (C=O) groups is 2. The molecule has 4 aromatic rings. The van der Waals surface area contributed by atoms with Crippen molar-refractivity contribution >= 4 is 33.6 Å². The molecule has 0 unspecified atom stereocenters. The second-order valence-corrected chi connectivity index (χ2v) is 8.16. The number of aromatic nitrogens is 1. The Morgan fingerprint density at radius 2 is 1.41 bits per heavy atom. The Hall–Kier alpha value is -3.80.